The molecule has 5 rings (SSSR count). The number of piperidine rings is 1. The van der Waals surface area contributed by atoms with Crippen LogP contribution in [-0.4, -0.2) is 158 Å². The van der Waals surface area contributed by atoms with Crippen molar-refractivity contribution in [3.05, 3.63) is 11.8 Å². The van der Waals surface area contributed by atoms with E-state index < -0.39 is 30.3 Å². The van der Waals surface area contributed by atoms with E-state index in [-0.39, 0.29) is 49.4 Å². The van der Waals surface area contributed by atoms with Crippen molar-refractivity contribution >= 4 is 5.91 Å². The van der Waals surface area contributed by atoms with Gasteiger partial charge in [0.2, 0.25) is 0 Å². The van der Waals surface area contributed by atoms with E-state index in [0.29, 0.717) is 51.8 Å². The maximum atomic E-state index is 13.3. The standard InChI is InChI=1S/C15H28FN3O5.C12H22N2O2.C6H13NO2.CH4O/c16-12(6-17)14(21)15(22)19-9-3-8(18)4-11(5-9)24-13-2-1-10(7-20)23-13;15-12(4-6-13-7-5-12)10-14-9-11-3-1-2-8-16-11;7-4-6-3-5(8)1-2-9-6;1-2/h8-14,20-21H,1-7,17-18H2,(H,19,22);3,13-15H,1-2,4-10H2;5-6,8H,1-4,7H2;2H,1H3/t;;5?,6-;/m..1./s1. The number of ether oxygens (including phenoxy) is 4. The van der Waals surface area contributed by atoms with Gasteiger partial charge >= 0.3 is 0 Å². The molecule has 3 saturated heterocycles. The second-order valence-electron chi connectivity index (χ2n) is 13.7. The predicted molar refractivity (Wildman–Crippen MR) is 189 cm³/mol. The normalized spacial score (nSPS) is 31.4. The molecule has 1 saturated carbocycles. The summed E-state index contributed by atoms with van der Waals surface area (Å²) in [6.45, 7) is 4.80. The summed E-state index contributed by atoms with van der Waals surface area (Å²) >= 11 is 0. The summed E-state index contributed by atoms with van der Waals surface area (Å²) < 4.78 is 35.4. The number of nitrogens with two attached hydrogens (primary N) is 3. The molecule has 300 valence electrons. The number of aliphatic hydroxyl groups excluding tert-OH is 4. The molecule has 16 nitrogen and oxygen atoms in total. The number of rotatable bonds is 12. The van der Waals surface area contributed by atoms with Gasteiger partial charge in [-0.2, -0.15) is 0 Å². The number of nitrogens with one attached hydrogen (secondary N) is 3. The van der Waals surface area contributed by atoms with Crippen LogP contribution in [0.25, 0.3) is 0 Å². The number of alkyl halides is 1. The molecule has 0 aromatic heterocycles. The van der Waals surface area contributed by atoms with Gasteiger partial charge in [-0.25, -0.2) is 4.39 Å². The van der Waals surface area contributed by atoms with E-state index in [1.165, 1.54) is 0 Å². The van der Waals surface area contributed by atoms with Gasteiger partial charge < -0.3 is 77.6 Å². The molecule has 0 bridgehead atoms. The van der Waals surface area contributed by atoms with Crippen molar-refractivity contribution in [1.29, 1.82) is 0 Å². The van der Waals surface area contributed by atoms with Crippen molar-refractivity contribution in [2.75, 3.05) is 66.2 Å². The third-order valence-electron chi connectivity index (χ3n) is 9.40. The molecule has 0 spiro atoms. The molecule has 1 aliphatic carbocycles. The Bertz CT molecular complexity index is 969. The third-order valence-corrected chi connectivity index (χ3v) is 9.40. The lowest BCUT2D eigenvalue weighted by atomic mass is 9.89. The van der Waals surface area contributed by atoms with Crippen LogP contribution in [0.15, 0.2) is 11.8 Å². The second-order valence-corrected chi connectivity index (χ2v) is 13.7. The van der Waals surface area contributed by atoms with Gasteiger partial charge in [0.25, 0.3) is 5.91 Å². The first-order valence-electron chi connectivity index (χ1n) is 18.4. The molecular formula is C34H67FN6O10. The Morgan fingerprint density at radius 1 is 1.12 bits per heavy atom. The van der Waals surface area contributed by atoms with Gasteiger partial charge in [-0.1, -0.05) is 0 Å². The van der Waals surface area contributed by atoms with Crippen LogP contribution in [0, 0.1) is 0 Å². The number of allylic oxidation sites excluding steroid dienone is 1. The predicted octanol–water partition coefficient (Wildman–Crippen LogP) is -2.00. The van der Waals surface area contributed by atoms with Crippen LogP contribution in [0.4, 0.5) is 4.39 Å². The van der Waals surface area contributed by atoms with Crippen molar-refractivity contribution in [1.82, 2.24) is 16.0 Å². The monoisotopic (exact) mass is 738 g/mol. The van der Waals surface area contributed by atoms with Gasteiger partial charge in [-0.05, 0) is 77.0 Å². The van der Waals surface area contributed by atoms with Crippen molar-refractivity contribution in [2.24, 2.45) is 17.2 Å². The molecule has 0 radical (unpaired) electrons. The maximum absolute atomic E-state index is 13.3. The molecule has 14 N–H and O–H groups in total. The lowest BCUT2D eigenvalue weighted by Gasteiger charge is -2.35. The van der Waals surface area contributed by atoms with Gasteiger partial charge in [0.15, 0.2) is 12.4 Å². The molecule has 0 aromatic rings. The van der Waals surface area contributed by atoms with E-state index in [2.05, 4.69) is 22.0 Å². The van der Waals surface area contributed by atoms with Crippen LogP contribution in [-0.2, 0) is 23.7 Å². The summed E-state index contributed by atoms with van der Waals surface area (Å²) in [6.07, 6.45) is 6.17. The first-order valence-corrected chi connectivity index (χ1v) is 18.4. The first-order chi connectivity index (χ1) is 24.5. The molecule has 8 unspecified atom stereocenters. The zero-order valence-corrected chi connectivity index (χ0v) is 30.3. The summed E-state index contributed by atoms with van der Waals surface area (Å²) in [6, 6.07) is -0.474. The molecule has 9 atom stereocenters. The van der Waals surface area contributed by atoms with Gasteiger partial charge in [-0.3, -0.25) is 4.79 Å². The molecular weight excluding hydrogens is 671 g/mol. The summed E-state index contributed by atoms with van der Waals surface area (Å²) in [5.74, 6) is 0.243. The largest absolute Gasteiger partial charge is 0.497 e. The average Bonchev–Trinajstić information content (AvgIpc) is 3.60. The van der Waals surface area contributed by atoms with Crippen LogP contribution in [0.2, 0.25) is 0 Å². The minimum atomic E-state index is -1.79. The molecule has 1 amide bonds. The SMILES string of the molecule is CO.NCC(F)C(O)C(=O)NC1CC(N)CC(OC2CCC(CO)O2)C1.NC[C@H]1CC(O)CCO1.OC1(CNCC2=CCCCO2)CCNCC1. The minimum Gasteiger partial charge on any atom is -0.497 e. The molecule has 4 aliphatic heterocycles. The number of carbonyl (C=O) groups is 1. The topological polar surface area (TPSA) is 269 Å². The number of halogens is 1. The van der Waals surface area contributed by atoms with E-state index in [9.17, 15) is 19.4 Å². The highest BCUT2D eigenvalue weighted by atomic mass is 19.1. The summed E-state index contributed by atoms with van der Waals surface area (Å²) in [5, 5.41) is 54.1. The highest BCUT2D eigenvalue weighted by Crippen LogP contribution is 2.27. The van der Waals surface area contributed by atoms with Crippen molar-refractivity contribution < 1.29 is 53.7 Å². The second kappa shape index (κ2) is 25.4. The fourth-order valence-electron chi connectivity index (χ4n) is 6.48. The van der Waals surface area contributed by atoms with Crippen LogP contribution in [0.1, 0.15) is 70.6 Å². The minimum absolute atomic E-state index is 0.0356. The fraction of sp³-hybridized carbons (Fsp3) is 0.912. The van der Waals surface area contributed by atoms with Crippen LogP contribution >= 0.6 is 0 Å². The number of carbonyl (C=O) groups excluding carboxylic acids is 1. The van der Waals surface area contributed by atoms with E-state index in [1.807, 2.05) is 0 Å². The van der Waals surface area contributed by atoms with E-state index in [0.717, 1.165) is 77.6 Å². The zero-order chi connectivity index (χ0) is 37.6. The number of aliphatic hydroxyl groups is 5. The number of hydrogen-bond acceptors (Lipinski definition) is 15. The van der Waals surface area contributed by atoms with Crippen molar-refractivity contribution in [3.8, 4) is 0 Å². The average molecular weight is 739 g/mol. The summed E-state index contributed by atoms with van der Waals surface area (Å²) in [4.78, 5) is 11.9. The Kier molecular flexibility index (Phi) is 22.7. The Balaban J connectivity index is 0.000000285. The fourth-order valence-corrected chi connectivity index (χ4v) is 6.48. The molecule has 17 heteroatoms. The maximum Gasteiger partial charge on any atom is 0.252 e. The van der Waals surface area contributed by atoms with Crippen LogP contribution in [0.5, 0.6) is 0 Å². The van der Waals surface area contributed by atoms with Gasteiger partial charge in [0.1, 0.15) is 11.9 Å². The third kappa shape index (κ3) is 17.9. The quantitative estimate of drug-likeness (QED) is 0.103. The van der Waals surface area contributed by atoms with Crippen molar-refractivity contribution in [2.45, 2.75) is 131 Å². The number of amides is 1. The van der Waals surface area contributed by atoms with Crippen molar-refractivity contribution in [3.63, 3.8) is 0 Å². The molecule has 5 aliphatic rings. The van der Waals surface area contributed by atoms with Gasteiger partial charge in [0, 0.05) is 58.3 Å². The van der Waals surface area contributed by atoms with Gasteiger partial charge in [-0.15, -0.1) is 0 Å². The Labute approximate surface area is 302 Å². The molecule has 4 heterocycles. The van der Waals surface area contributed by atoms with E-state index in [1.54, 1.807) is 0 Å². The Hall–Kier alpha value is -1.58. The lowest BCUT2D eigenvalue weighted by molar-refractivity contribution is -0.175. The molecule has 4 fully saturated rings. The number of hydrogen-bond donors (Lipinski definition) is 11. The Morgan fingerprint density at radius 3 is 2.45 bits per heavy atom. The zero-order valence-electron chi connectivity index (χ0n) is 30.3. The van der Waals surface area contributed by atoms with E-state index in [4.69, 9.17) is 51.5 Å². The highest BCUT2D eigenvalue weighted by molar-refractivity contribution is 5.81. The van der Waals surface area contributed by atoms with E-state index >= 15 is 0 Å². The summed E-state index contributed by atoms with van der Waals surface area (Å²) in [5.41, 5.74) is 15.9. The molecule has 0 aromatic carbocycles. The van der Waals surface area contributed by atoms with Crippen LogP contribution < -0.4 is 33.2 Å². The summed E-state index contributed by atoms with van der Waals surface area (Å²) in [7, 11) is 1.00. The Morgan fingerprint density at radius 2 is 1.86 bits per heavy atom. The first kappa shape index (κ1) is 45.6. The lowest BCUT2D eigenvalue weighted by Crippen LogP contribution is -2.52. The highest BCUT2D eigenvalue weighted by Gasteiger charge is 2.35. The van der Waals surface area contributed by atoms with Gasteiger partial charge in [0.05, 0.1) is 49.8 Å². The smallest absolute Gasteiger partial charge is 0.252 e. The van der Waals surface area contributed by atoms with Crippen LogP contribution in [0.3, 0.4) is 0 Å². The molecule has 51 heavy (non-hydrogen) atoms.